The van der Waals surface area contributed by atoms with Crippen molar-refractivity contribution in [1.29, 1.82) is 0 Å². The standard InChI is InChI=1S/C15H22Cl2/c1-11(2)15(9-16,10-17)8-14-12(3)6-5-7-13(14)4/h5-7,11H,8-10H2,1-4H3. The van der Waals surface area contributed by atoms with Crippen LogP contribution in [0.1, 0.15) is 30.5 Å². The Labute approximate surface area is 115 Å². The second-order valence-electron chi connectivity index (χ2n) is 5.33. The summed E-state index contributed by atoms with van der Waals surface area (Å²) in [6.07, 6.45) is 0.968. The quantitative estimate of drug-likeness (QED) is 0.665. The minimum absolute atomic E-state index is 0.0000154. The number of benzene rings is 1. The van der Waals surface area contributed by atoms with E-state index < -0.39 is 0 Å². The van der Waals surface area contributed by atoms with E-state index in [0.717, 1.165) is 6.42 Å². The van der Waals surface area contributed by atoms with Gasteiger partial charge in [0.25, 0.3) is 0 Å². The molecule has 0 amide bonds. The molecule has 0 radical (unpaired) electrons. The van der Waals surface area contributed by atoms with Crippen molar-refractivity contribution in [2.24, 2.45) is 11.3 Å². The first-order chi connectivity index (χ1) is 7.96. The molecule has 96 valence electrons. The van der Waals surface area contributed by atoms with E-state index in [1.54, 1.807) is 0 Å². The summed E-state index contributed by atoms with van der Waals surface area (Å²) in [5, 5.41) is 0. The largest absolute Gasteiger partial charge is 0.126 e. The lowest BCUT2D eigenvalue weighted by atomic mass is 9.74. The maximum Gasteiger partial charge on any atom is 0.0297 e. The molecule has 1 aromatic rings. The average molecular weight is 273 g/mol. The van der Waals surface area contributed by atoms with Gasteiger partial charge in [0.05, 0.1) is 0 Å². The molecule has 0 nitrogen and oxygen atoms in total. The van der Waals surface area contributed by atoms with Crippen LogP contribution in [0, 0.1) is 25.2 Å². The van der Waals surface area contributed by atoms with Crippen molar-refractivity contribution in [2.75, 3.05) is 11.8 Å². The second-order valence-corrected chi connectivity index (χ2v) is 5.87. The summed E-state index contributed by atoms with van der Waals surface area (Å²) < 4.78 is 0. The van der Waals surface area contributed by atoms with E-state index in [0.29, 0.717) is 17.7 Å². The number of aryl methyl sites for hydroxylation is 2. The van der Waals surface area contributed by atoms with Gasteiger partial charge in [-0.05, 0) is 42.9 Å². The molecular weight excluding hydrogens is 251 g/mol. The van der Waals surface area contributed by atoms with Gasteiger partial charge in [0.15, 0.2) is 0 Å². The van der Waals surface area contributed by atoms with Crippen LogP contribution in [-0.4, -0.2) is 11.8 Å². The SMILES string of the molecule is Cc1cccc(C)c1CC(CCl)(CCl)C(C)C. The van der Waals surface area contributed by atoms with E-state index in [2.05, 4.69) is 45.9 Å². The second kappa shape index (κ2) is 6.11. The topological polar surface area (TPSA) is 0 Å². The van der Waals surface area contributed by atoms with Crippen molar-refractivity contribution in [1.82, 2.24) is 0 Å². The maximum absolute atomic E-state index is 6.19. The van der Waals surface area contributed by atoms with Crippen LogP contribution in [0.5, 0.6) is 0 Å². The summed E-state index contributed by atoms with van der Waals surface area (Å²) in [4.78, 5) is 0. The molecule has 0 heterocycles. The third-order valence-electron chi connectivity index (χ3n) is 3.93. The van der Waals surface area contributed by atoms with Gasteiger partial charge in [-0.3, -0.25) is 0 Å². The normalized spacial score (nSPS) is 12.2. The fourth-order valence-electron chi connectivity index (χ4n) is 2.12. The minimum atomic E-state index is -0.0000154. The van der Waals surface area contributed by atoms with E-state index in [9.17, 15) is 0 Å². The summed E-state index contributed by atoms with van der Waals surface area (Å²) in [6, 6.07) is 6.43. The number of hydrogen-bond donors (Lipinski definition) is 0. The molecule has 0 atom stereocenters. The molecule has 0 fully saturated rings. The third-order valence-corrected chi connectivity index (χ3v) is 4.99. The van der Waals surface area contributed by atoms with E-state index in [1.165, 1.54) is 16.7 Å². The van der Waals surface area contributed by atoms with Gasteiger partial charge >= 0.3 is 0 Å². The molecule has 0 saturated carbocycles. The van der Waals surface area contributed by atoms with Crippen LogP contribution in [0.4, 0.5) is 0 Å². The molecule has 2 heteroatoms. The van der Waals surface area contributed by atoms with Crippen molar-refractivity contribution in [3.63, 3.8) is 0 Å². The van der Waals surface area contributed by atoms with Crippen molar-refractivity contribution < 1.29 is 0 Å². The Kier molecular flexibility index (Phi) is 5.34. The number of halogens is 2. The number of rotatable bonds is 5. The van der Waals surface area contributed by atoms with Crippen LogP contribution in [0.3, 0.4) is 0 Å². The first-order valence-corrected chi connectivity index (χ1v) is 7.21. The zero-order valence-electron chi connectivity index (χ0n) is 11.2. The van der Waals surface area contributed by atoms with E-state index >= 15 is 0 Å². The van der Waals surface area contributed by atoms with Gasteiger partial charge in [0, 0.05) is 17.2 Å². The highest BCUT2D eigenvalue weighted by molar-refractivity contribution is 6.21. The fraction of sp³-hybridized carbons (Fsp3) is 0.600. The highest BCUT2D eigenvalue weighted by Crippen LogP contribution is 2.36. The zero-order chi connectivity index (χ0) is 13.1. The number of alkyl halides is 2. The molecule has 1 aromatic carbocycles. The molecule has 0 spiro atoms. The summed E-state index contributed by atoms with van der Waals surface area (Å²) in [6.45, 7) is 8.74. The molecule has 0 unspecified atom stereocenters. The van der Waals surface area contributed by atoms with Crippen molar-refractivity contribution in [3.05, 3.63) is 34.9 Å². The summed E-state index contributed by atoms with van der Waals surface area (Å²) in [7, 11) is 0. The highest BCUT2D eigenvalue weighted by Gasteiger charge is 2.33. The lowest BCUT2D eigenvalue weighted by Gasteiger charge is -2.35. The first kappa shape index (κ1) is 14.9. The summed E-state index contributed by atoms with van der Waals surface area (Å²) in [5.41, 5.74) is 4.08. The highest BCUT2D eigenvalue weighted by atomic mass is 35.5. The molecule has 0 aliphatic heterocycles. The molecule has 0 aromatic heterocycles. The van der Waals surface area contributed by atoms with Crippen molar-refractivity contribution >= 4 is 23.2 Å². The van der Waals surface area contributed by atoms with Crippen LogP contribution in [-0.2, 0) is 6.42 Å². The predicted molar refractivity (Wildman–Crippen MR) is 78.3 cm³/mol. The molecule has 17 heavy (non-hydrogen) atoms. The Morgan fingerprint density at radius 2 is 1.53 bits per heavy atom. The molecule has 0 aliphatic rings. The van der Waals surface area contributed by atoms with Crippen LogP contribution in [0.15, 0.2) is 18.2 Å². The monoisotopic (exact) mass is 272 g/mol. The molecule has 0 N–H and O–H groups in total. The first-order valence-electron chi connectivity index (χ1n) is 6.14. The Morgan fingerprint density at radius 1 is 1.06 bits per heavy atom. The lowest BCUT2D eigenvalue weighted by Crippen LogP contribution is -2.34. The summed E-state index contributed by atoms with van der Waals surface area (Å²) >= 11 is 12.4. The molecule has 0 saturated heterocycles. The summed E-state index contributed by atoms with van der Waals surface area (Å²) in [5.74, 6) is 1.71. The van der Waals surface area contributed by atoms with Gasteiger partial charge in [0.1, 0.15) is 0 Å². The smallest absolute Gasteiger partial charge is 0.0297 e. The van der Waals surface area contributed by atoms with Gasteiger partial charge in [-0.1, -0.05) is 32.0 Å². The Morgan fingerprint density at radius 3 is 1.88 bits per heavy atom. The average Bonchev–Trinajstić information content (AvgIpc) is 2.29. The fourth-order valence-corrected chi connectivity index (χ4v) is 3.21. The third kappa shape index (κ3) is 3.17. The van der Waals surface area contributed by atoms with Crippen LogP contribution >= 0.6 is 23.2 Å². The molecular formula is C15H22Cl2. The number of hydrogen-bond acceptors (Lipinski definition) is 0. The molecule has 0 aliphatic carbocycles. The Hall–Kier alpha value is -0.200. The van der Waals surface area contributed by atoms with E-state index in [4.69, 9.17) is 23.2 Å². The van der Waals surface area contributed by atoms with Gasteiger partial charge in [-0.25, -0.2) is 0 Å². The van der Waals surface area contributed by atoms with Crippen LogP contribution in [0.25, 0.3) is 0 Å². The Bertz CT molecular complexity index is 345. The Balaban J connectivity index is 3.10. The zero-order valence-corrected chi connectivity index (χ0v) is 12.7. The lowest BCUT2D eigenvalue weighted by molar-refractivity contribution is 0.258. The van der Waals surface area contributed by atoms with Crippen LogP contribution < -0.4 is 0 Å². The van der Waals surface area contributed by atoms with Gasteiger partial charge in [-0.2, -0.15) is 0 Å². The molecule has 0 bridgehead atoms. The predicted octanol–water partition coefficient (Wildman–Crippen LogP) is 4.97. The van der Waals surface area contributed by atoms with Crippen molar-refractivity contribution in [2.45, 2.75) is 34.1 Å². The maximum atomic E-state index is 6.19. The minimum Gasteiger partial charge on any atom is -0.126 e. The van der Waals surface area contributed by atoms with Gasteiger partial charge in [0.2, 0.25) is 0 Å². The molecule has 1 rings (SSSR count). The van der Waals surface area contributed by atoms with Crippen molar-refractivity contribution in [3.8, 4) is 0 Å². The van der Waals surface area contributed by atoms with Crippen LogP contribution in [0.2, 0.25) is 0 Å². The van der Waals surface area contributed by atoms with Gasteiger partial charge < -0.3 is 0 Å². The van der Waals surface area contributed by atoms with E-state index in [-0.39, 0.29) is 5.41 Å². The van der Waals surface area contributed by atoms with Gasteiger partial charge in [-0.15, -0.1) is 23.2 Å². The van der Waals surface area contributed by atoms with E-state index in [1.807, 2.05) is 0 Å².